The number of hydrogen-bond donors (Lipinski definition) is 2. The van der Waals surface area contributed by atoms with Crippen LogP contribution in [0.1, 0.15) is 22.8 Å². The molecule has 1 aromatic rings. The molecule has 0 aliphatic rings. The second-order valence-corrected chi connectivity index (χ2v) is 3.85. The van der Waals surface area contributed by atoms with Crippen molar-refractivity contribution in [3.8, 4) is 5.75 Å². The largest absolute Gasteiger partial charge is 0.507 e. The zero-order chi connectivity index (χ0) is 12.1. The van der Waals surface area contributed by atoms with Gasteiger partial charge in [0.1, 0.15) is 5.75 Å². The molecular formula is C12H17NO3. The third-order valence-corrected chi connectivity index (χ3v) is 2.19. The minimum Gasteiger partial charge on any atom is -0.507 e. The van der Waals surface area contributed by atoms with E-state index in [1.165, 1.54) is 0 Å². The normalized spacial score (nSPS) is 12.2. The van der Waals surface area contributed by atoms with E-state index in [9.17, 15) is 9.90 Å². The molecule has 1 amide bonds. The van der Waals surface area contributed by atoms with Crippen LogP contribution in [0.3, 0.4) is 0 Å². The van der Waals surface area contributed by atoms with Gasteiger partial charge in [-0.25, -0.2) is 0 Å². The van der Waals surface area contributed by atoms with Crippen LogP contribution in [-0.4, -0.2) is 30.8 Å². The fraction of sp³-hybridized carbons (Fsp3) is 0.417. The van der Waals surface area contributed by atoms with Crippen LogP contribution in [0, 0.1) is 6.92 Å². The lowest BCUT2D eigenvalue weighted by atomic mass is 10.1. The van der Waals surface area contributed by atoms with Gasteiger partial charge in [-0.1, -0.05) is 6.07 Å². The molecule has 0 saturated carbocycles. The van der Waals surface area contributed by atoms with E-state index in [0.717, 1.165) is 5.56 Å². The molecule has 0 aliphatic carbocycles. The molecule has 4 heteroatoms. The van der Waals surface area contributed by atoms with Gasteiger partial charge < -0.3 is 15.2 Å². The van der Waals surface area contributed by atoms with Gasteiger partial charge in [0.25, 0.3) is 5.91 Å². The Morgan fingerprint density at radius 3 is 2.81 bits per heavy atom. The highest BCUT2D eigenvalue weighted by Gasteiger charge is 2.13. The predicted octanol–water partition coefficient (Wildman–Crippen LogP) is 1.47. The first-order valence-corrected chi connectivity index (χ1v) is 5.14. The van der Waals surface area contributed by atoms with E-state index < -0.39 is 0 Å². The first-order chi connectivity index (χ1) is 7.54. The van der Waals surface area contributed by atoms with Crippen molar-refractivity contribution in [2.75, 3.05) is 13.7 Å². The van der Waals surface area contributed by atoms with Gasteiger partial charge in [0, 0.05) is 13.2 Å². The molecule has 4 nitrogen and oxygen atoms in total. The van der Waals surface area contributed by atoms with Gasteiger partial charge in [0.15, 0.2) is 0 Å². The van der Waals surface area contributed by atoms with Gasteiger partial charge in [-0.2, -0.15) is 0 Å². The Balaban J connectivity index is 2.73. The molecule has 0 aliphatic heterocycles. The number of rotatable bonds is 4. The number of nitrogens with one attached hydrogen (secondary N) is 1. The molecule has 0 radical (unpaired) electrons. The Morgan fingerprint density at radius 2 is 2.25 bits per heavy atom. The predicted molar refractivity (Wildman–Crippen MR) is 61.6 cm³/mol. The summed E-state index contributed by atoms with van der Waals surface area (Å²) in [4.78, 5) is 11.7. The van der Waals surface area contributed by atoms with Crippen molar-refractivity contribution in [2.24, 2.45) is 0 Å². The Morgan fingerprint density at radius 1 is 1.56 bits per heavy atom. The van der Waals surface area contributed by atoms with Gasteiger partial charge in [0.2, 0.25) is 0 Å². The van der Waals surface area contributed by atoms with Gasteiger partial charge >= 0.3 is 0 Å². The van der Waals surface area contributed by atoms with Crippen molar-refractivity contribution in [3.05, 3.63) is 29.3 Å². The molecule has 16 heavy (non-hydrogen) atoms. The lowest BCUT2D eigenvalue weighted by Gasteiger charge is -2.13. The molecule has 0 saturated heterocycles. The molecule has 0 fully saturated rings. The third-order valence-electron chi connectivity index (χ3n) is 2.19. The quantitative estimate of drug-likeness (QED) is 0.812. The molecule has 0 heterocycles. The lowest BCUT2D eigenvalue weighted by Crippen LogP contribution is -2.35. The maximum Gasteiger partial charge on any atom is 0.255 e. The molecule has 2 N–H and O–H groups in total. The van der Waals surface area contributed by atoms with Crippen molar-refractivity contribution >= 4 is 5.91 Å². The van der Waals surface area contributed by atoms with Crippen molar-refractivity contribution in [1.82, 2.24) is 5.32 Å². The Bertz CT molecular complexity index is 377. The van der Waals surface area contributed by atoms with Crippen molar-refractivity contribution in [2.45, 2.75) is 19.9 Å². The number of hydrogen-bond acceptors (Lipinski definition) is 3. The first-order valence-electron chi connectivity index (χ1n) is 5.14. The highest BCUT2D eigenvalue weighted by molar-refractivity contribution is 5.97. The highest BCUT2D eigenvalue weighted by atomic mass is 16.5. The minimum atomic E-state index is -0.290. The van der Waals surface area contributed by atoms with Crippen LogP contribution < -0.4 is 5.32 Å². The molecule has 0 aromatic heterocycles. The van der Waals surface area contributed by atoms with Gasteiger partial charge in [0.05, 0.1) is 12.2 Å². The molecule has 1 unspecified atom stereocenters. The fourth-order valence-electron chi connectivity index (χ4n) is 1.43. The van der Waals surface area contributed by atoms with Crippen molar-refractivity contribution in [1.29, 1.82) is 0 Å². The van der Waals surface area contributed by atoms with Crippen LogP contribution in [-0.2, 0) is 4.74 Å². The van der Waals surface area contributed by atoms with E-state index in [2.05, 4.69) is 5.32 Å². The number of aryl methyl sites for hydroxylation is 1. The Kier molecular flexibility index (Phi) is 4.31. The number of phenolic OH excluding ortho intramolecular Hbond substituents is 1. The van der Waals surface area contributed by atoms with E-state index in [0.29, 0.717) is 6.61 Å². The maximum absolute atomic E-state index is 11.7. The third kappa shape index (κ3) is 3.24. The maximum atomic E-state index is 11.7. The van der Waals surface area contributed by atoms with Crippen LogP contribution in [0.4, 0.5) is 0 Å². The number of carbonyl (C=O) groups excluding carboxylic acids is 1. The Hall–Kier alpha value is -1.55. The van der Waals surface area contributed by atoms with Crippen molar-refractivity contribution < 1.29 is 14.6 Å². The molecule has 0 bridgehead atoms. The monoisotopic (exact) mass is 223 g/mol. The average Bonchev–Trinajstić information content (AvgIpc) is 2.17. The molecule has 0 spiro atoms. The van der Waals surface area contributed by atoms with E-state index in [1.54, 1.807) is 25.3 Å². The molecule has 1 atom stereocenters. The van der Waals surface area contributed by atoms with Gasteiger partial charge in [-0.3, -0.25) is 4.79 Å². The number of amides is 1. The van der Waals surface area contributed by atoms with Crippen LogP contribution in [0.2, 0.25) is 0 Å². The average molecular weight is 223 g/mol. The number of carbonyl (C=O) groups is 1. The summed E-state index contributed by atoms with van der Waals surface area (Å²) in [7, 11) is 1.58. The van der Waals surface area contributed by atoms with Gasteiger partial charge in [-0.05, 0) is 31.5 Å². The number of methoxy groups -OCH3 is 1. The fourth-order valence-corrected chi connectivity index (χ4v) is 1.43. The van der Waals surface area contributed by atoms with E-state index in [4.69, 9.17) is 4.74 Å². The second kappa shape index (κ2) is 5.51. The summed E-state index contributed by atoms with van der Waals surface area (Å²) in [5.74, 6) is -0.288. The smallest absolute Gasteiger partial charge is 0.255 e. The second-order valence-electron chi connectivity index (χ2n) is 3.85. The summed E-state index contributed by atoms with van der Waals surface area (Å²) in [6.07, 6.45) is 0. The van der Waals surface area contributed by atoms with Crippen LogP contribution >= 0.6 is 0 Å². The number of aromatic hydroxyl groups is 1. The summed E-state index contributed by atoms with van der Waals surface area (Å²) in [5, 5.41) is 12.3. The number of phenols is 1. The summed E-state index contributed by atoms with van der Waals surface area (Å²) in [5.41, 5.74) is 1.20. The standard InChI is InChI=1S/C12H17NO3/c1-8-4-5-10(11(14)6-8)12(15)13-9(2)7-16-3/h4-6,9,14H,7H2,1-3H3,(H,13,15). The molecule has 88 valence electrons. The van der Waals surface area contributed by atoms with E-state index in [1.807, 2.05) is 13.8 Å². The highest BCUT2D eigenvalue weighted by Crippen LogP contribution is 2.18. The summed E-state index contributed by atoms with van der Waals surface area (Å²) in [6, 6.07) is 4.88. The topological polar surface area (TPSA) is 58.6 Å². The molecule has 1 aromatic carbocycles. The van der Waals surface area contributed by atoms with Crippen LogP contribution in [0.25, 0.3) is 0 Å². The van der Waals surface area contributed by atoms with Crippen molar-refractivity contribution in [3.63, 3.8) is 0 Å². The van der Waals surface area contributed by atoms with E-state index >= 15 is 0 Å². The van der Waals surface area contributed by atoms with Gasteiger partial charge in [-0.15, -0.1) is 0 Å². The van der Waals surface area contributed by atoms with Crippen LogP contribution in [0.15, 0.2) is 18.2 Å². The molecule has 1 rings (SSSR count). The minimum absolute atomic E-state index is 0.00196. The Labute approximate surface area is 95.2 Å². The summed E-state index contributed by atoms with van der Waals surface area (Å²) >= 11 is 0. The summed E-state index contributed by atoms with van der Waals surface area (Å²) < 4.78 is 4.91. The SMILES string of the molecule is COCC(C)NC(=O)c1ccc(C)cc1O. The number of benzene rings is 1. The van der Waals surface area contributed by atoms with Crippen LogP contribution in [0.5, 0.6) is 5.75 Å². The zero-order valence-corrected chi connectivity index (χ0v) is 9.78. The lowest BCUT2D eigenvalue weighted by molar-refractivity contribution is 0.0903. The first kappa shape index (κ1) is 12.5. The number of ether oxygens (including phenoxy) is 1. The molecular weight excluding hydrogens is 206 g/mol. The van der Waals surface area contributed by atoms with E-state index in [-0.39, 0.29) is 23.3 Å². The summed E-state index contributed by atoms with van der Waals surface area (Å²) in [6.45, 7) is 4.14. The zero-order valence-electron chi connectivity index (χ0n) is 9.78.